The maximum atomic E-state index is 12.0. The van der Waals surface area contributed by atoms with Crippen molar-refractivity contribution in [1.82, 2.24) is 9.55 Å². The number of aromatic nitrogens is 2. The molecular weight excluding hydrogens is 216 g/mol. The van der Waals surface area contributed by atoms with Crippen molar-refractivity contribution in [2.45, 2.75) is 33.3 Å². The Morgan fingerprint density at radius 3 is 2.82 bits per heavy atom. The van der Waals surface area contributed by atoms with Crippen LogP contribution in [-0.4, -0.2) is 21.2 Å². The van der Waals surface area contributed by atoms with Crippen LogP contribution in [0.3, 0.4) is 0 Å². The highest BCUT2D eigenvalue weighted by Crippen LogP contribution is 2.17. The van der Waals surface area contributed by atoms with Crippen LogP contribution >= 0.6 is 0 Å². The maximum absolute atomic E-state index is 12.0. The van der Waals surface area contributed by atoms with Crippen LogP contribution in [0.4, 0.5) is 4.79 Å². The Labute approximate surface area is 100 Å². The topological polar surface area (TPSA) is 44.1 Å². The van der Waals surface area contributed by atoms with Gasteiger partial charge in [-0.15, -0.1) is 0 Å². The minimum absolute atomic E-state index is 0.405. The number of carbonyl (C=O) groups excluding carboxylic acids is 1. The molecule has 0 N–H and O–H groups in total. The highest BCUT2D eigenvalue weighted by atomic mass is 16.6. The van der Waals surface area contributed by atoms with Gasteiger partial charge < -0.3 is 4.74 Å². The lowest BCUT2D eigenvalue weighted by molar-refractivity contribution is 0.0540. The van der Waals surface area contributed by atoms with E-state index in [1.54, 1.807) is 13.0 Å². The van der Waals surface area contributed by atoms with Crippen molar-refractivity contribution in [3.05, 3.63) is 30.1 Å². The molecule has 1 heterocycles. The van der Waals surface area contributed by atoms with Crippen LogP contribution in [0.25, 0.3) is 11.0 Å². The van der Waals surface area contributed by atoms with Crippen LogP contribution in [-0.2, 0) is 4.74 Å². The van der Waals surface area contributed by atoms with E-state index in [0.29, 0.717) is 11.3 Å². The Hall–Kier alpha value is -1.84. The lowest BCUT2D eigenvalue weighted by atomic mass is 10.2. The van der Waals surface area contributed by atoms with Crippen molar-refractivity contribution in [1.29, 1.82) is 0 Å². The number of nitrogens with zero attached hydrogens (tertiary/aromatic N) is 2. The fourth-order valence-electron chi connectivity index (χ4n) is 1.61. The Balaban J connectivity index is 2.48. The van der Waals surface area contributed by atoms with E-state index in [0.717, 1.165) is 5.52 Å². The van der Waals surface area contributed by atoms with Crippen molar-refractivity contribution >= 4 is 17.1 Å². The summed E-state index contributed by atoms with van der Waals surface area (Å²) in [6.45, 7) is 7.29. The van der Waals surface area contributed by atoms with Gasteiger partial charge >= 0.3 is 6.09 Å². The minimum Gasteiger partial charge on any atom is -0.443 e. The molecule has 4 nitrogen and oxygen atoms in total. The first kappa shape index (κ1) is 11.6. The lowest BCUT2D eigenvalue weighted by Gasteiger charge is -2.20. The number of hydrogen-bond acceptors (Lipinski definition) is 3. The molecule has 1 aromatic carbocycles. The number of para-hydroxylation sites is 1. The molecule has 0 aliphatic rings. The molecule has 0 fully saturated rings. The van der Waals surface area contributed by atoms with Gasteiger partial charge in [0.2, 0.25) is 0 Å². The summed E-state index contributed by atoms with van der Waals surface area (Å²) in [5.41, 5.74) is 0.883. The molecule has 89 valence electrons. The van der Waals surface area contributed by atoms with E-state index >= 15 is 0 Å². The number of ether oxygens (including phenoxy) is 1. The van der Waals surface area contributed by atoms with Gasteiger partial charge in [-0.25, -0.2) is 14.3 Å². The largest absolute Gasteiger partial charge is 0.443 e. The van der Waals surface area contributed by atoms with Gasteiger partial charge in [-0.3, -0.25) is 0 Å². The van der Waals surface area contributed by atoms with Gasteiger partial charge in [-0.05, 0) is 33.8 Å². The smallest absolute Gasteiger partial charge is 0.420 e. The third kappa shape index (κ3) is 2.30. The van der Waals surface area contributed by atoms with E-state index in [1.165, 1.54) is 4.57 Å². The third-order valence-electron chi connectivity index (χ3n) is 2.23. The molecule has 0 spiro atoms. The van der Waals surface area contributed by atoms with Gasteiger partial charge in [0.15, 0.2) is 0 Å². The highest BCUT2D eigenvalue weighted by Gasteiger charge is 2.21. The van der Waals surface area contributed by atoms with Crippen LogP contribution < -0.4 is 0 Å². The molecular formula is C13H15N2O2. The van der Waals surface area contributed by atoms with Gasteiger partial charge in [0.25, 0.3) is 0 Å². The van der Waals surface area contributed by atoms with Crippen LogP contribution in [0.15, 0.2) is 18.2 Å². The zero-order valence-corrected chi connectivity index (χ0v) is 10.4. The first-order chi connectivity index (χ1) is 7.88. The van der Waals surface area contributed by atoms with E-state index in [1.807, 2.05) is 32.9 Å². The first-order valence-electron chi connectivity index (χ1n) is 5.47. The fraction of sp³-hybridized carbons (Fsp3) is 0.385. The van der Waals surface area contributed by atoms with Crippen LogP contribution in [0.5, 0.6) is 0 Å². The predicted octanol–water partition coefficient (Wildman–Crippen LogP) is 2.93. The molecule has 0 aliphatic heterocycles. The lowest BCUT2D eigenvalue weighted by Crippen LogP contribution is -2.27. The van der Waals surface area contributed by atoms with Gasteiger partial charge in [-0.2, -0.15) is 0 Å². The molecule has 0 bridgehead atoms. The number of fused-ring (bicyclic) bond motifs is 1. The van der Waals surface area contributed by atoms with Crippen molar-refractivity contribution in [3.63, 3.8) is 0 Å². The Kier molecular flexibility index (Phi) is 2.65. The second-order valence-electron chi connectivity index (χ2n) is 4.88. The molecule has 0 saturated heterocycles. The summed E-state index contributed by atoms with van der Waals surface area (Å²) in [6.07, 6.45) is -0.405. The monoisotopic (exact) mass is 231 g/mol. The SMILES string of the molecule is Cc1nc2[c]cccc2n1C(=O)OC(C)(C)C. The predicted molar refractivity (Wildman–Crippen MR) is 64.9 cm³/mol. The molecule has 0 unspecified atom stereocenters. The van der Waals surface area contributed by atoms with Crippen LogP contribution in [0.2, 0.25) is 0 Å². The number of carbonyl (C=O) groups is 1. The minimum atomic E-state index is -0.515. The van der Waals surface area contributed by atoms with Gasteiger partial charge in [0, 0.05) is 6.07 Å². The zero-order valence-electron chi connectivity index (χ0n) is 10.4. The van der Waals surface area contributed by atoms with Crippen LogP contribution in [0, 0.1) is 13.0 Å². The van der Waals surface area contributed by atoms with Gasteiger partial charge in [-0.1, -0.05) is 12.1 Å². The second-order valence-corrected chi connectivity index (χ2v) is 4.88. The number of rotatable bonds is 0. The second kappa shape index (κ2) is 3.87. The average Bonchev–Trinajstić information content (AvgIpc) is 2.50. The highest BCUT2D eigenvalue weighted by molar-refractivity contribution is 5.87. The molecule has 0 amide bonds. The number of benzene rings is 1. The standard InChI is InChI=1S/C13H15N2O2/c1-9-14-10-7-5-6-8-11(10)15(9)12(16)17-13(2,3)4/h5-6,8H,1-4H3. The van der Waals surface area contributed by atoms with Crippen molar-refractivity contribution in [3.8, 4) is 0 Å². The number of hydrogen-bond donors (Lipinski definition) is 0. The van der Waals surface area contributed by atoms with E-state index in [9.17, 15) is 4.79 Å². The average molecular weight is 231 g/mol. The summed E-state index contributed by atoms with van der Waals surface area (Å²) in [4.78, 5) is 16.3. The molecule has 1 radical (unpaired) electrons. The Bertz CT molecular complexity index is 564. The molecule has 2 rings (SSSR count). The molecule has 0 aliphatic carbocycles. The molecule has 0 atom stereocenters. The molecule has 1 aromatic heterocycles. The summed E-state index contributed by atoms with van der Waals surface area (Å²) in [5, 5.41) is 0. The quantitative estimate of drug-likeness (QED) is 0.700. The van der Waals surface area contributed by atoms with Crippen LogP contribution in [0.1, 0.15) is 26.6 Å². The molecule has 17 heavy (non-hydrogen) atoms. The summed E-state index contributed by atoms with van der Waals surface area (Å²) in [5.74, 6) is 0.608. The zero-order chi connectivity index (χ0) is 12.6. The fourth-order valence-corrected chi connectivity index (χ4v) is 1.61. The van der Waals surface area contributed by atoms with E-state index < -0.39 is 11.7 Å². The molecule has 4 heteroatoms. The maximum Gasteiger partial charge on any atom is 0.420 e. The number of aryl methyl sites for hydroxylation is 1. The Morgan fingerprint density at radius 2 is 2.18 bits per heavy atom. The summed E-state index contributed by atoms with van der Waals surface area (Å²) in [6, 6.07) is 8.41. The Morgan fingerprint density at radius 1 is 1.47 bits per heavy atom. The number of imidazole rings is 1. The van der Waals surface area contributed by atoms with Gasteiger partial charge in [0.05, 0.1) is 11.0 Å². The molecule has 0 saturated carbocycles. The summed E-state index contributed by atoms with van der Waals surface area (Å²) >= 11 is 0. The van der Waals surface area contributed by atoms with Crippen molar-refractivity contribution in [2.24, 2.45) is 0 Å². The summed E-state index contributed by atoms with van der Waals surface area (Å²) < 4.78 is 6.81. The van der Waals surface area contributed by atoms with E-state index in [2.05, 4.69) is 11.1 Å². The van der Waals surface area contributed by atoms with Gasteiger partial charge in [0.1, 0.15) is 11.4 Å². The van der Waals surface area contributed by atoms with Crippen molar-refractivity contribution in [2.75, 3.05) is 0 Å². The first-order valence-corrected chi connectivity index (χ1v) is 5.47. The third-order valence-corrected chi connectivity index (χ3v) is 2.23. The normalized spacial score (nSPS) is 11.8. The van der Waals surface area contributed by atoms with Crippen molar-refractivity contribution < 1.29 is 9.53 Å². The van der Waals surface area contributed by atoms with E-state index in [4.69, 9.17) is 4.74 Å². The van der Waals surface area contributed by atoms with E-state index in [-0.39, 0.29) is 0 Å². The molecule has 2 aromatic rings. The summed E-state index contributed by atoms with van der Waals surface area (Å²) in [7, 11) is 0.